The quantitative estimate of drug-likeness (QED) is 0.678. The first-order valence-corrected chi connectivity index (χ1v) is 9.78. The molecule has 0 aliphatic carbocycles. The Morgan fingerprint density at radius 3 is 2.74 bits per heavy atom. The molecule has 1 saturated heterocycles. The molecule has 1 unspecified atom stereocenters. The molecule has 1 N–H and O–H groups in total. The zero-order chi connectivity index (χ0) is 18.6. The smallest absolute Gasteiger partial charge is 0.148 e. The maximum absolute atomic E-state index is 10.7. The summed E-state index contributed by atoms with van der Waals surface area (Å²) in [6.45, 7) is 3.30. The molecule has 7 nitrogen and oxygen atoms in total. The van der Waals surface area contributed by atoms with Crippen LogP contribution in [0.1, 0.15) is 5.56 Å². The molecule has 2 aromatic carbocycles. The standard InChI is InChI=1S/C19H20N4O3S/c24-27(25)21-12-14-2-1-3-15(10-14)16-4-5-17-18(11-16)22-19(13-20-17)23-6-8-26-9-7-23/h1-5,10-11,13,21H,6-9,12H2,(H,24,25)/p-1. The van der Waals surface area contributed by atoms with Gasteiger partial charge in [-0.1, -0.05) is 24.3 Å². The van der Waals surface area contributed by atoms with Gasteiger partial charge < -0.3 is 14.2 Å². The number of ether oxygens (including phenoxy) is 1. The van der Waals surface area contributed by atoms with Crippen LogP contribution in [0, 0.1) is 0 Å². The van der Waals surface area contributed by atoms with E-state index in [1.165, 1.54) is 0 Å². The molecule has 0 saturated carbocycles. The molecule has 1 aromatic heterocycles. The van der Waals surface area contributed by atoms with Crippen molar-refractivity contribution >= 4 is 28.1 Å². The van der Waals surface area contributed by atoms with Crippen LogP contribution in [0.5, 0.6) is 0 Å². The second-order valence-electron chi connectivity index (χ2n) is 6.29. The van der Waals surface area contributed by atoms with E-state index in [-0.39, 0.29) is 6.54 Å². The Balaban J connectivity index is 1.64. The average molecular weight is 383 g/mol. The number of aromatic nitrogens is 2. The van der Waals surface area contributed by atoms with Crippen LogP contribution in [0.3, 0.4) is 0 Å². The van der Waals surface area contributed by atoms with Crippen LogP contribution in [0.25, 0.3) is 22.2 Å². The van der Waals surface area contributed by atoms with E-state index in [9.17, 15) is 8.76 Å². The van der Waals surface area contributed by atoms with E-state index in [1.54, 1.807) is 0 Å². The number of hydrogen-bond donors (Lipinski definition) is 1. The van der Waals surface area contributed by atoms with Gasteiger partial charge in [-0.3, -0.25) is 9.19 Å². The van der Waals surface area contributed by atoms with Crippen molar-refractivity contribution in [1.29, 1.82) is 0 Å². The largest absolute Gasteiger partial charge is 0.760 e. The van der Waals surface area contributed by atoms with Gasteiger partial charge in [0.1, 0.15) is 5.82 Å². The maximum atomic E-state index is 10.7. The van der Waals surface area contributed by atoms with Crippen molar-refractivity contribution in [2.45, 2.75) is 6.54 Å². The highest BCUT2D eigenvalue weighted by Crippen LogP contribution is 2.25. The first kappa shape index (κ1) is 18.0. The predicted molar refractivity (Wildman–Crippen MR) is 104 cm³/mol. The van der Waals surface area contributed by atoms with Gasteiger partial charge in [-0.25, -0.2) is 9.71 Å². The Labute approximate surface area is 159 Å². The number of benzene rings is 2. The van der Waals surface area contributed by atoms with Gasteiger partial charge in [-0.15, -0.1) is 0 Å². The van der Waals surface area contributed by atoms with Gasteiger partial charge >= 0.3 is 0 Å². The zero-order valence-corrected chi connectivity index (χ0v) is 15.4. The van der Waals surface area contributed by atoms with E-state index >= 15 is 0 Å². The molecular formula is C19H19N4O3S-. The lowest BCUT2D eigenvalue weighted by atomic mass is 10.0. The third-order valence-corrected chi connectivity index (χ3v) is 4.90. The molecule has 4 rings (SSSR count). The lowest BCUT2D eigenvalue weighted by molar-refractivity contribution is 0.122. The minimum Gasteiger partial charge on any atom is -0.760 e. The van der Waals surface area contributed by atoms with E-state index in [4.69, 9.17) is 9.72 Å². The lowest BCUT2D eigenvalue weighted by Gasteiger charge is -2.27. The van der Waals surface area contributed by atoms with Crippen LogP contribution in [-0.2, 0) is 22.5 Å². The molecule has 140 valence electrons. The first-order valence-electron chi connectivity index (χ1n) is 8.71. The molecule has 0 amide bonds. The van der Waals surface area contributed by atoms with Gasteiger partial charge in [0.05, 0.1) is 30.4 Å². The molecule has 1 atom stereocenters. The molecular weight excluding hydrogens is 364 g/mol. The fraction of sp³-hybridized carbons (Fsp3) is 0.263. The Kier molecular flexibility index (Phi) is 5.40. The Morgan fingerprint density at radius 2 is 1.93 bits per heavy atom. The van der Waals surface area contributed by atoms with Gasteiger partial charge in [0, 0.05) is 30.9 Å². The fourth-order valence-electron chi connectivity index (χ4n) is 3.13. The molecule has 1 aliphatic rings. The highest BCUT2D eigenvalue weighted by atomic mass is 32.2. The van der Waals surface area contributed by atoms with E-state index in [0.717, 1.165) is 46.6 Å². The molecule has 0 bridgehead atoms. The van der Waals surface area contributed by atoms with Crippen molar-refractivity contribution in [2.24, 2.45) is 0 Å². The monoisotopic (exact) mass is 383 g/mol. The van der Waals surface area contributed by atoms with Crippen molar-refractivity contribution in [1.82, 2.24) is 14.7 Å². The number of anilines is 1. The number of nitrogens with zero attached hydrogens (tertiary/aromatic N) is 3. The van der Waals surface area contributed by atoms with Crippen molar-refractivity contribution < 1.29 is 13.5 Å². The molecule has 1 fully saturated rings. The Bertz CT molecular complexity index is 976. The molecule has 8 heteroatoms. The summed E-state index contributed by atoms with van der Waals surface area (Å²) in [4.78, 5) is 11.5. The number of rotatable bonds is 5. The van der Waals surface area contributed by atoms with E-state index in [2.05, 4.69) is 14.6 Å². The van der Waals surface area contributed by atoms with Crippen molar-refractivity contribution in [2.75, 3.05) is 31.2 Å². The third-order valence-electron chi connectivity index (χ3n) is 4.52. The zero-order valence-electron chi connectivity index (χ0n) is 14.6. The third kappa shape index (κ3) is 4.30. The first-order chi connectivity index (χ1) is 13.2. The molecule has 27 heavy (non-hydrogen) atoms. The number of nitrogens with one attached hydrogen (secondary N) is 1. The summed E-state index contributed by atoms with van der Waals surface area (Å²) in [5, 5.41) is 0. The summed E-state index contributed by atoms with van der Waals surface area (Å²) < 4.78 is 29.2. The Morgan fingerprint density at radius 1 is 1.11 bits per heavy atom. The lowest BCUT2D eigenvalue weighted by Crippen LogP contribution is -2.36. The maximum Gasteiger partial charge on any atom is 0.148 e. The summed E-state index contributed by atoms with van der Waals surface area (Å²) in [7, 11) is 0. The normalized spacial score (nSPS) is 15.8. The summed E-state index contributed by atoms with van der Waals surface area (Å²) in [5.41, 5.74) is 4.59. The van der Waals surface area contributed by atoms with E-state index in [1.807, 2.05) is 48.7 Å². The average Bonchev–Trinajstić information content (AvgIpc) is 2.72. The summed E-state index contributed by atoms with van der Waals surface area (Å²) in [6, 6.07) is 13.8. The second kappa shape index (κ2) is 8.10. The summed E-state index contributed by atoms with van der Waals surface area (Å²) >= 11 is -2.27. The predicted octanol–water partition coefficient (Wildman–Crippen LogP) is 2.02. The molecule has 0 spiro atoms. The highest BCUT2D eigenvalue weighted by Gasteiger charge is 2.13. The molecule has 2 heterocycles. The van der Waals surface area contributed by atoms with E-state index < -0.39 is 11.3 Å². The van der Waals surface area contributed by atoms with Crippen LogP contribution in [-0.4, -0.2) is 45.0 Å². The minimum atomic E-state index is -2.27. The van der Waals surface area contributed by atoms with Gasteiger partial charge in [0.15, 0.2) is 0 Å². The Hall–Kier alpha value is -2.39. The van der Waals surface area contributed by atoms with Crippen molar-refractivity contribution in [3.63, 3.8) is 0 Å². The van der Waals surface area contributed by atoms with Gasteiger partial charge in [0.25, 0.3) is 0 Å². The van der Waals surface area contributed by atoms with Crippen LogP contribution in [0.4, 0.5) is 5.82 Å². The number of fused-ring (bicyclic) bond motifs is 1. The topological polar surface area (TPSA) is 90.4 Å². The summed E-state index contributed by atoms with van der Waals surface area (Å²) in [5.74, 6) is 0.860. The molecule has 0 radical (unpaired) electrons. The highest BCUT2D eigenvalue weighted by molar-refractivity contribution is 7.77. The van der Waals surface area contributed by atoms with Crippen LogP contribution >= 0.6 is 0 Å². The van der Waals surface area contributed by atoms with Crippen LogP contribution in [0.15, 0.2) is 48.7 Å². The van der Waals surface area contributed by atoms with Gasteiger partial charge in [-0.05, 0) is 34.9 Å². The van der Waals surface area contributed by atoms with Crippen molar-refractivity contribution in [3.05, 3.63) is 54.2 Å². The number of morpholine rings is 1. The van der Waals surface area contributed by atoms with Crippen molar-refractivity contribution in [3.8, 4) is 11.1 Å². The second-order valence-corrected chi connectivity index (χ2v) is 7.05. The minimum absolute atomic E-state index is 0.262. The SMILES string of the molecule is O=S([O-])NCc1cccc(-c2ccc3ncc(N4CCOCC4)nc3c2)c1. The number of hydrogen-bond acceptors (Lipinski definition) is 6. The molecule has 1 aliphatic heterocycles. The van der Waals surface area contributed by atoms with Gasteiger partial charge in [0.2, 0.25) is 0 Å². The van der Waals surface area contributed by atoms with E-state index in [0.29, 0.717) is 13.2 Å². The summed E-state index contributed by atoms with van der Waals surface area (Å²) in [6.07, 6.45) is 1.81. The van der Waals surface area contributed by atoms with Crippen LogP contribution < -0.4 is 9.62 Å². The van der Waals surface area contributed by atoms with Gasteiger partial charge in [-0.2, -0.15) is 0 Å². The fourth-order valence-corrected chi connectivity index (χ4v) is 3.41. The molecule has 3 aromatic rings. The van der Waals surface area contributed by atoms with Crippen LogP contribution in [0.2, 0.25) is 0 Å².